The van der Waals surface area contributed by atoms with E-state index in [0.29, 0.717) is 0 Å². The van der Waals surface area contributed by atoms with E-state index in [1.54, 1.807) is 0 Å². The normalized spacial score (nSPS) is 16.0. The van der Waals surface area contributed by atoms with E-state index in [9.17, 15) is 4.79 Å². The van der Waals surface area contributed by atoms with Crippen LogP contribution in [0.1, 0.15) is 29.6 Å². The van der Waals surface area contributed by atoms with Crippen molar-refractivity contribution in [3.8, 4) is 5.88 Å². The minimum atomic E-state index is -1.06. The molecule has 0 aliphatic heterocycles. The van der Waals surface area contributed by atoms with Crippen molar-refractivity contribution >= 4 is 5.97 Å². The van der Waals surface area contributed by atoms with Crippen molar-refractivity contribution in [1.29, 1.82) is 0 Å². The molecule has 5 nitrogen and oxygen atoms in total. The zero-order valence-corrected chi connectivity index (χ0v) is 7.51. The van der Waals surface area contributed by atoms with Gasteiger partial charge in [0.05, 0.1) is 0 Å². The number of ether oxygens (including phenoxy) is 1. The molecule has 74 valence electrons. The molecule has 1 N–H and O–H groups in total. The smallest absolute Gasteiger partial charge is 0.342 e. The van der Waals surface area contributed by atoms with Crippen LogP contribution in [0.3, 0.4) is 0 Å². The van der Waals surface area contributed by atoms with Crippen LogP contribution in [-0.4, -0.2) is 27.1 Å². The summed E-state index contributed by atoms with van der Waals surface area (Å²) in [5.74, 6) is -0.878. The van der Waals surface area contributed by atoms with Gasteiger partial charge in [-0.05, 0) is 19.3 Å². The molecule has 0 spiro atoms. The number of aromatic nitrogens is 2. The second-order valence-corrected chi connectivity index (χ2v) is 3.22. The van der Waals surface area contributed by atoms with Gasteiger partial charge in [0.2, 0.25) is 5.88 Å². The van der Waals surface area contributed by atoms with Gasteiger partial charge in [-0.1, -0.05) is 0 Å². The summed E-state index contributed by atoms with van der Waals surface area (Å²) in [4.78, 5) is 18.2. The lowest BCUT2D eigenvalue weighted by atomic mass is 9.96. The number of nitrogens with zero attached hydrogens (tertiary/aromatic N) is 2. The molecule has 0 unspecified atom stereocenters. The first-order valence-corrected chi connectivity index (χ1v) is 4.47. The zero-order valence-electron chi connectivity index (χ0n) is 7.51. The third-order valence-corrected chi connectivity index (χ3v) is 2.24. The van der Waals surface area contributed by atoms with Crippen molar-refractivity contribution < 1.29 is 14.6 Å². The van der Waals surface area contributed by atoms with E-state index in [4.69, 9.17) is 9.84 Å². The third-order valence-electron chi connectivity index (χ3n) is 2.24. The Morgan fingerprint density at radius 2 is 2.36 bits per heavy atom. The molecule has 0 saturated heterocycles. The van der Waals surface area contributed by atoms with Crippen LogP contribution >= 0.6 is 0 Å². The minimum Gasteiger partial charge on any atom is -0.477 e. The Hall–Kier alpha value is -1.65. The van der Waals surface area contributed by atoms with Gasteiger partial charge in [0.25, 0.3) is 0 Å². The highest BCUT2D eigenvalue weighted by Gasteiger charge is 2.22. The number of hydrogen-bond acceptors (Lipinski definition) is 4. The van der Waals surface area contributed by atoms with Crippen molar-refractivity contribution in [2.75, 3.05) is 0 Å². The molecule has 14 heavy (non-hydrogen) atoms. The van der Waals surface area contributed by atoms with E-state index in [1.165, 1.54) is 12.5 Å². The van der Waals surface area contributed by atoms with Gasteiger partial charge < -0.3 is 9.84 Å². The molecule has 0 aromatic carbocycles. The summed E-state index contributed by atoms with van der Waals surface area (Å²) < 4.78 is 5.41. The highest BCUT2D eigenvalue weighted by atomic mass is 16.5. The Morgan fingerprint density at radius 1 is 1.57 bits per heavy atom. The molecule has 0 bridgehead atoms. The van der Waals surface area contributed by atoms with Crippen LogP contribution in [0.2, 0.25) is 0 Å². The Morgan fingerprint density at radius 3 is 2.93 bits per heavy atom. The summed E-state index contributed by atoms with van der Waals surface area (Å²) in [5.41, 5.74) is 0.0272. The van der Waals surface area contributed by atoms with Crippen LogP contribution in [0.15, 0.2) is 12.5 Å². The maximum atomic E-state index is 10.7. The van der Waals surface area contributed by atoms with E-state index in [0.717, 1.165) is 19.3 Å². The van der Waals surface area contributed by atoms with Crippen molar-refractivity contribution in [3.63, 3.8) is 0 Å². The van der Waals surface area contributed by atoms with Gasteiger partial charge in [0.1, 0.15) is 18.0 Å². The Bertz CT molecular complexity index is 350. The van der Waals surface area contributed by atoms with Crippen LogP contribution < -0.4 is 4.74 Å². The van der Waals surface area contributed by atoms with Crippen LogP contribution in [0, 0.1) is 0 Å². The first-order chi connectivity index (χ1) is 6.77. The Balaban J connectivity index is 2.17. The van der Waals surface area contributed by atoms with E-state index >= 15 is 0 Å². The van der Waals surface area contributed by atoms with E-state index < -0.39 is 5.97 Å². The van der Waals surface area contributed by atoms with Crippen LogP contribution in [0.5, 0.6) is 5.88 Å². The average Bonchev–Trinajstić information content (AvgIpc) is 2.12. The quantitative estimate of drug-likeness (QED) is 0.780. The summed E-state index contributed by atoms with van der Waals surface area (Å²) in [6, 6.07) is 0. The van der Waals surface area contributed by atoms with Gasteiger partial charge in [0, 0.05) is 6.20 Å². The topological polar surface area (TPSA) is 72.3 Å². The summed E-state index contributed by atoms with van der Waals surface area (Å²) >= 11 is 0. The minimum absolute atomic E-state index is 0.0272. The summed E-state index contributed by atoms with van der Waals surface area (Å²) in [6.07, 6.45) is 5.76. The van der Waals surface area contributed by atoms with Gasteiger partial charge in [-0.3, -0.25) is 0 Å². The largest absolute Gasteiger partial charge is 0.477 e. The van der Waals surface area contributed by atoms with Gasteiger partial charge in [-0.25, -0.2) is 14.8 Å². The predicted molar refractivity (Wildman–Crippen MR) is 47.3 cm³/mol. The van der Waals surface area contributed by atoms with Gasteiger partial charge in [-0.2, -0.15) is 0 Å². The fraction of sp³-hybridized carbons (Fsp3) is 0.444. The molecule has 0 radical (unpaired) electrons. The lowest BCUT2D eigenvalue weighted by Gasteiger charge is -2.25. The Labute approximate surface area is 80.8 Å². The van der Waals surface area contributed by atoms with Gasteiger partial charge in [-0.15, -0.1) is 0 Å². The molecule has 1 heterocycles. The van der Waals surface area contributed by atoms with Crippen molar-refractivity contribution in [1.82, 2.24) is 9.97 Å². The summed E-state index contributed by atoms with van der Waals surface area (Å²) in [7, 11) is 0. The summed E-state index contributed by atoms with van der Waals surface area (Å²) in [6.45, 7) is 0. The second-order valence-electron chi connectivity index (χ2n) is 3.22. The molecule has 1 aliphatic rings. The molecule has 0 atom stereocenters. The summed E-state index contributed by atoms with van der Waals surface area (Å²) in [5, 5.41) is 8.81. The standard InChI is InChI=1S/C9H10N2O3/c12-9(13)7-4-10-5-11-8(7)14-6-2-1-3-6/h4-6H,1-3H2,(H,12,13). The molecule has 1 aliphatic carbocycles. The van der Waals surface area contributed by atoms with Crippen LogP contribution in [0.25, 0.3) is 0 Å². The molecule has 1 saturated carbocycles. The number of hydrogen-bond donors (Lipinski definition) is 1. The number of carboxylic acids is 1. The van der Waals surface area contributed by atoms with Gasteiger partial charge >= 0.3 is 5.97 Å². The first-order valence-electron chi connectivity index (χ1n) is 4.47. The fourth-order valence-corrected chi connectivity index (χ4v) is 1.21. The maximum Gasteiger partial charge on any atom is 0.342 e. The molecule has 1 aromatic rings. The highest BCUT2D eigenvalue weighted by molar-refractivity contribution is 5.89. The SMILES string of the molecule is O=C(O)c1cncnc1OC1CCC1. The predicted octanol–water partition coefficient (Wildman–Crippen LogP) is 1.11. The second kappa shape index (κ2) is 3.61. The zero-order chi connectivity index (χ0) is 9.97. The molecule has 1 fully saturated rings. The molecule has 0 amide bonds. The van der Waals surface area contributed by atoms with Crippen LogP contribution in [0.4, 0.5) is 0 Å². The lowest BCUT2D eigenvalue weighted by Crippen LogP contribution is -2.26. The van der Waals surface area contributed by atoms with Crippen molar-refractivity contribution in [2.45, 2.75) is 25.4 Å². The maximum absolute atomic E-state index is 10.7. The number of carbonyl (C=O) groups is 1. The van der Waals surface area contributed by atoms with E-state index in [1.807, 2.05) is 0 Å². The number of carboxylic acid groups (broad SMARTS) is 1. The molecule has 1 aromatic heterocycles. The molecule has 5 heteroatoms. The third kappa shape index (κ3) is 1.66. The number of aromatic carboxylic acids is 1. The molecule has 2 rings (SSSR count). The van der Waals surface area contributed by atoms with E-state index in [-0.39, 0.29) is 17.5 Å². The van der Waals surface area contributed by atoms with E-state index in [2.05, 4.69) is 9.97 Å². The first kappa shape index (κ1) is 8.93. The van der Waals surface area contributed by atoms with Gasteiger partial charge in [0.15, 0.2) is 0 Å². The number of rotatable bonds is 3. The van der Waals surface area contributed by atoms with Crippen molar-refractivity contribution in [2.24, 2.45) is 0 Å². The van der Waals surface area contributed by atoms with Crippen LogP contribution in [-0.2, 0) is 0 Å². The van der Waals surface area contributed by atoms with Crippen molar-refractivity contribution in [3.05, 3.63) is 18.1 Å². The Kier molecular flexibility index (Phi) is 2.30. The molecular formula is C9H10N2O3. The average molecular weight is 194 g/mol. The highest BCUT2D eigenvalue weighted by Crippen LogP contribution is 2.25. The monoisotopic (exact) mass is 194 g/mol. The lowest BCUT2D eigenvalue weighted by molar-refractivity contribution is 0.0674. The fourth-order valence-electron chi connectivity index (χ4n) is 1.21. The molecular weight excluding hydrogens is 184 g/mol.